The maximum atomic E-state index is 13.6. The lowest BCUT2D eigenvalue weighted by Crippen LogP contribution is -2.07. The lowest BCUT2D eigenvalue weighted by Gasteiger charge is -2.08. The van der Waals surface area contributed by atoms with E-state index in [9.17, 15) is 9.18 Å². The van der Waals surface area contributed by atoms with Crippen LogP contribution in [-0.4, -0.2) is 24.0 Å². The molecule has 1 aromatic heterocycles. The Bertz CT molecular complexity index is 657. The van der Waals surface area contributed by atoms with E-state index in [0.717, 1.165) is 6.42 Å². The first-order valence-corrected chi connectivity index (χ1v) is 6.30. The first-order valence-electron chi connectivity index (χ1n) is 6.30. The molecular formula is C15H12FNO3. The van der Waals surface area contributed by atoms with Crippen molar-refractivity contribution in [2.24, 2.45) is 0 Å². The summed E-state index contributed by atoms with van der Waals surface area (Å²) in [6.45, 7) is 1.11. The quantitative estimate of drug-likeness (QED) is 0.789. The molecule has 1 aliphatic heterocycles. The summed E-state index contributed by atoms with van der Waals surface area (Å²) in [5.41, 5.74) is 0.133. The van der Waals surface area contributed by atoms with Gasteiger partial charge in [-0.2, -0.15) is 0 Å². The van der Waals surface area contributed by atoms with Gasteiger partial charge in [-0.25, -0.2) is 9.37 Å². The summed E-state index contributed by atoms with van der Waals surface area (Å²) >= 11 is 0. The number of hydrogen-bond acceptors (Lipinski definition) is 4. The van der Waals surface area contributed by atoms with Crippen molar-refractivity contribution in [2.45, 2.75) is 6.42 Å². The molecule has 0 atom stereocenters. The first-order chi connectivity index (χ1) is 9.75. The standard InChI is InChI=1S/C15H12FNO3/c16-11-3-1-6-17-14(11)15(18)10-4-5-12-13(9-10)20-8-2-7-19-12/h1,3-6,9H,2,7-8H2. The summed E-state index contributed by atoms with van der Waals surface area (Å²) in [7, 11) is 0. The summed E-state index contributed by atoms with van der Waals surface area (Å²) in [4.78, 5) is 16.0. The zero-order chi connectivity index (χ0) is 13.9. The largest absolute Gasteiger partial charge is 0.490 e. The van der Waals surface area contributed by atoms with Crippen LogP contribution in [-0.2, 0) is 0 Å². The van der Waals surface area contributed by atoms with Gasteiger partial charge in [0.15, 0.2) is 17.3 Å². The second kappa shape index (κ2) is 5.28. The van der Waals surface area contributed by atoms with Crippen molar-refractivity contribution in [1.82, 2.24) is 4.98 Å². The highest BCUT2D eigenvalue weighted by Gasteiger charge is 2.18. The second-order valence-electron chi connectivity index (χ2n) is 4.37. The summed E-state index contributed by atoms with van der Waals surface area (Å²) in [6.07, 6.45) is 2.17. The number of aromatic nitrogens is 1. The van der Waals surface area contributed by atoms with E-state index < -0.39 is 11.6 Å². The number of rotatable bonds is 2. The molecule has 0 bridgehead atoms. The fourth-order valence-corrected chi connectivity index (χ4v) is 1.99. The maximum absolute atomic E-state index is 13.6. The lowest BCUT2D eigenvalue weighted by molar-refractivity contribution is 0.102. The molecule has 0 radical (unpaired) electrons. The van der Waals surface area contributed by atoms with Crippen LogP contribution in [0.1, 0.15) is 22.5 Å². The SMILES string of the molecule is O=C(c1ccc2c(c1)OCCCO2)c1ncccc1F. The maximum Gasteiger partial charge on any atom is 0.214 e. The van der Waals surface area contributed by atoms with Crippen molar-refractivity contribution in [3.8, 4) is 11.5 Å². The molecule has 102 valence electrons. The van der Waals surface area contributed by atoms with Crippen molar-refractivity contribution in [1.29, 1.82) is 0 Å². The minimum atomic E-state index is -0.635. The number of carbonyl (C=O) groups is 1. The number of pyridine rings is 1. The Labute approximate surface area is 115 Å². The normalized spacial score (nSPS) is 13.7. The van der Waals surface area contributed by atoms with Crippen molar-refractivity contribution in [2.75, 3.05) is 13.2 Å². The summed E-state index contributed by atoms with van der Waals surface area (Å²) in [5.74, 6) is -0.00593. The number of ketones is 1. The number of hydrogen-bond donors (Lipinski definition) is 0. The van der Waals surface area contributed by atoms with E-state index in [0.29, 0.717) is 30.3 Å². The molecule has 0 N–H and O–H groups in total. The average molecular weight is 273 g/mol. The van der Waals surface area contributed by atoms with Crippen LogP contribution in [0.15, 0.2) is 36.5 Å². The topological polar surface area (TPSA) is 48.4 Å². The van der Waals surface area contributed by atoms with Gasteiger partial charge in [-0.05, 0) is 30.3 Å². The Morgan fingerprint density at radius 2 is 1.95 bits per heavy atom. The first kappa shape index (κ1) is 12.6. The molecule has 20 heavy (non-hydrogen) atoms. The highest BCUT2D eigenvalue weighted by atomic mass is 19.1. The van der Waals surface area contributed by atoms with E-state index in [1.54, 1.807) is 18.2 Å². The Kier molecular flexibility index (Phi) is 3.33. The van der Waals surface area contributed by atoms with Crippen LogP contribution in [0.2, 0.25) is 0 Å². The highest BCUT2D eigenvalue weighted by molar-refractivity contribution is 6.08. The Balaban J connectivity index is 1.97. The van der Waals surface area contributed by atoms with Gasteiger partial charge < -0.3 is 9.47 Å². The number of halogens is 1. The van der Waals surface area contributed by atoms with Crippen LogP contribution in [0.3, 0.4) is 0 Å². The molecule has 0 fully saturated rings. The molecule has 0 spiro atoms. The minimum absolute atomic E-state index is 0.193. The summed E-state index contributed by atoms with van der Waals surface area (Å²) in [5, 5.41) is 0. The Morgan fingerprint density at radius 1 is 1.15 bits per heavy atom. The van der Waals surface area contributed by atoms with E-state index in [-0.39, 0.29) is 5.69 Å². The van der Waals surface area contributed by atoms with E-state index in [1.807, 2.05) is 0 Å². The zero-order valence-corrected chi connectivity index (χ0v) is 10.6. The Morgan fingerprint density at radius 3 is 2.75 bits per heavy atom. The van der Waals surface area contributed by atoms with Crippen molar-refractivity contribution in [3.63, 3.8) is 0 Å². The van der Waals surface area contributed by atoms with Gasteiger partial charge in [0.25, 0.3) is 0 Å². The summed E-state index contributed by atoms with van der Waals surface area (Å²) in [6, 6.07) is 7.47. The van der Waals surface area contributed by atoms with Crippen LogP contribution in [0.4, 0.5) is 4.39 Å². The van der Waals surface area contributed by atoms with Crippen LogP contribution in [0, 0.1) is 5.82 Å². The predicted octanol–water partition coefficient (Wildman–Crippen LogP) is 2.61. The molecule has 2 heterocycles. The molecule has 1 aromatic carbocycles. The third-order valence-electron chi connectivity index (χ3n) is 2.98. The molecule has 4 nitrogen and oxygen atoms in total. The fourth-order valence-electron chi connectivity index (χ4n) is 1.99. The van der Waals surface area contributed by atoms with E-state index in [1.165, 1.54) is 18.3 Å². The molecule has 0 unspecified atom stereocenters. The smallest absolute Gasteiger partial charge is 0.214 e. The second-order valence-corrected chi connectivity index (χ2v) is 4.37. The van der Waals surface area contributed by atoms with Gasteiger partial charge in [-0.15, -0.1) is 0 Å². The molecule has 2 aromatic rings. The van der Waals surface area contributed by atoms with Crippen molar-refractivity contribution in [3.05, 3.63) is 53.6 Å². The van der Waals surface area contributed by atoms with Crippen LogP contribution >= 0.6 is 0 Å². The highest BCUT2D eigenvalue weighted by Crippen LogP contribution is 2.31. The van der Waals surface area contributed by atoms with Gasteiger partial charge in [0.05, 0.1) is 13.2 Å². The molecule has 0 saturated carbocycles. The molecule has 0 amide bonds. The van der Waals surface area contributed by atoms with Gasteiger partial charge in [-0.1, -0.05) is 0 Å². The molecule has 0 aliphatic carbocycles. The lowest BCUT2D eigenvalue weighted by atomic mass is 10.1. The number of benzene rings is 1. The fraction of sp³-hybridized carbons (Fsp3) is 0.200. The summed E-state index contributed by atoms with van der Waals surface area (Å²) < 4.78 is 24.6. The number of nitrogens with zero attached hydrogens (tertiary/aromatic N) is 1. The minimum Gasteiger partial charge on any atom is -0.490 e. The van der Waals surface area contributed by atoms with Crippen LogP contribution in [0.5, 0.6) is 11.5 Å². The van der Waals surface area contributed by atoms with Gasteiger partial charge >= 0.3 is 0 Å². The van der Waals surface area contributed by atoms with E-state index in [4.69, 9.17) is 9.47 Å². The Hall–Kier alpha value is -2.43. The molecule has 5 heteroatoms. The molecule has 0 saturated heterocycles. The van der Waals surface area contributed by atoms with E-state index in [2.05, 4.69) is 4.98 Å². The molecular weight excluding hydrogens is 261 g/mol. The van der Waals surface area contributed by atoms with Crippen molar-refractivity contribution < 1.29 is 18.7 Å². The van der Waals surface area contributed by atoms with E-state index >= 15 is 0 Å². The zero-order valence-electron chi connectivity index (χ0n) is 10.6. The van der Waals surface area contributed by atoms with Crippen LogP contribution in [0.25, 0.3) is 0 Å². The third-order valence-corrected chi connectivity index (χ3v) is 2.98. The monoisotopic (exact) mass is 273 g/mol. The van der Waals surface area contributed by atoms with Gasteiger partial charge in [0.2, 0.25) is 5.78 Å². The average Bonchev–Trinajstić information content (AvgIpc) is 2.71. The molecule has 3 rings (SSSR count). The third kappa shape index (κ3) is 2.34. The van der Waals surface area contributed by atoms with Crippen molar-refractivity contribution >= 4 is 5.78 Å². The van der Waals surface area contributed by atoms with Crippen LogP contribution < -0.4 is 9.47 Å². The predicted molar refractivity (Wildman–Crippen MR) is 69.7 cm³/mol. The number of fused-ring (bicyclic) bond motifs is 1. The van der Waals surface area contributed by atoms with Gasteiger partial charge in [0, 0.05) is 18.2 Å². The number of ether oxygens (including phenoxy) is 2. The van der Waals surface area contributed by atoms with Gasteiger partial charge in [-0.3, -0.25) is 4.79 Å². The molecule has 1 aliphatic rings. The van der Waals surface area contributed by atoms with Gasteiger partial charge in [0.1, 0.15) is 5.69 Å². The number of carbonyl (C=O) groups excluding carboxylic acids is 1.